The highest BCUT2D eigenvalue weighted by atomic mass is 127. The summed E-state index contributed by atoms with van der Waals surface area (Å²) >= 11 is 2.03. The highest BCUT2D eigenvalue weighted by Crippen LogP contribution is 2.21. The second-order valence-corrected chi connectivity index (χ2v) is 4.03. The zero-order valence-electron chi connectivity index (χ0n) is 6.11. The van der Waals surface area contributed by atoms with Crippen LogP contribution in [0.4, 0.5) is 0 Å². The van der Waals surface area contributed by atoms with Crippen LogP contribution in [-0.4, -0.2) is 46.4 Å². The molecule has 1 heterocycles. The minimum absolute atomic E-state index is 0.0611. The first-order valence-electron chi connectivity index (χ1n) is 3.31. The van der Waals surface area contributed by atoms with Gasteiger partial charge in [0.05, 0.1) is 16.6 Å². The molecule has 1 aliphatic rings. The molecule has 0 aliphatic carbocycles. The minimum Gasteiger partial charge on any atom is -0.389 e. The van der Waals surface area contributed by atoms with Crippen molar-refractivity contribution in [2.24, 2.45) is 0 Å². The predicted molar refractivity (Wildman–Crippen MR) is 46.6 cm³/mol. The quantitative estimate of drug-likeness (QED) is 0.500. The third kappa shape index (κ3) is 2.03. The molecule has 4 atom stereocenters. The van der Waals surface area contributed by atoms with Gasteiger partial charge in [0.1, 0.15) is 6.10 Å². The van der Waals surface area contributed by atoms with Crippen LogP contribution in [0.25, 0.3) is 0 Å². The Morgan fingerprint density at radius 2 is 2.09 bits per heavy atom. The Bertz CT molecular complexity index is 130. The normalized spacial score (nSPS) is 45.8. The number of alkyl halides is 1. The summed E-state index contributed by atoms with van der Waals surface area (Å²) in [7, 11) is 1.44. The van der Waals surface area contributed by atoms with Crippen molar-refractivity contribution in [3.63, 3.8) is 0 Å². The fraction of sp³-hybridized carbons (Fsp3) is 1.00. The van der Waals surface area contributed by atoms with Crippen LogP contribution < -0.4 is 0 Å². The van der Waals surface area contributed by atoms with E-state index in [1.54, 1.807) is 0 Å². The van der Waals surface area contributed by atoms with Gasteiger partial charge in [-0.15, -0.1) is 0 Å². The van der Waals surface area contributed by atoms with E-state index in [9.17, 15) is 10.2 Å². The summed E-state index contributed by atoms with van der Waals surface area (Å²) in [5, 5.41) is 18.6. The lowest BCUT2D eigenvalue weighted by molar-refractivity contribution is -0.228. The smallest absolute Gasteiger partial charge is 0.185 e. The zero-order valence-corrected chi connectivity index (χ0v) is 8.26. The highest BCUT2D eigenvalue weighted by molar-refractivity contribution is 14.1. The van der Waals surface area contributed by atoms with Gasteiger partial charge in [0.25, 0.3) is 0 Å². The molecular formula is C6H11IO4. The van der Waals surface area contributed by atoms with Gasteiger partial charge in [0, 0.05) is 7.11 Å². The Balaban J connectivity index is 2.52. The van der Waals surface area contributed by atoms with E-state index in [0.29, 0.717) is 6.61 Å². The summed E-state index contributed by atoms with van der Waals surface area (Å²) in [6.45, 7) is 0.414. The van der Waals surface area contributed by atoms with Crippen LogP contribution in [-0.2, 0) is 9.47 Å². The SMILES string of the molecule is COC1OCC(I)C(O)C1O. The zero-order chi connectivity index (χ0) is 8.43. The number of rotatable bonds is 1. The number of halogens is 1. The van der Waals surface area contributed by atoms with Gasteiger partial charge in [-0.25, -0.2) is 0 Å². The van der Waals surface area contributed by atoms with Gasteiger partial charge in [-0.05, 0) is 0 Å². The summed E-state index contributed by atoms with van der Waals surface area (Å²) in [4.78, 5) is 0. The second-order valence-electron chi connectivity index (χ2n) is 2.43. The number of ether oxygens (including phenoxy) is 2. The monoisotopic (exact) mass is 274 g/mol. The predicted octanol–water partition coefficient (Wildman–Crippen LogP) is -0.486. The van der Waals surface area contributed by atoms with Crippen molar-refractivity contribution < 1.29 is 19.7 Å². The first kappa shape index (κ1) is 9.66. The van der Waals surface area contributed by atoms with Crippen molar-refractivity contribution >= 4 is 22.6 Å². The topological polar surface area (TPSA) is 58.9 Å². The second kappa shape index (κ2) is 3.99. The Hall–Kier alpha value is 0.570. The number of hydrogen-bond acceptors (Lipinski definition) is 4. The number of hydrogen-bond donors (Lipinski definition) is 2. The Labute approximate surface area is 78.6 Å². The third-order valence-corrected chi connectivity index (χ3v) is 2.75. The molecule has 0 radical (unpaired) electrons. The fourth-order valence-corrected chi connectivity index (χ4v) is 1.60. The minimum atomic E-state index is -0.935. The molecule has 1 fully saturated rings. The number of aliphatic hydroxyl groups excluding tert-OH is 2. The van der Waals surface area contributed by atoms with Gasteiger partial charge in [-0.2, -0.15) is 0 Å². The van der Waals surface area contributed by atoms with Gasteiger partial charge < -0.3 is 19.7 Å². The maximum atomic E-state index is 9.33. The van der Waals surface area contributed by atoms with Crippen LogP contribution in [0.3, 0.4) is 0 Å². The molecule has 11 heavy (non-hydrogen) atoms. The molecule has 1 rings (SSSR count). The van der Waals surface area contributed by atoms with Crippen LogP contribution in [0.15, 0.2) is 0 Å². The molecule has 2 N–H and O–H groups in total. The van der Waals surface area contributed by atoms with E-state index in [1.165, 1.54) is 7.11 Å². The number of aliphatic hydroxyl groups is 2. The van der Waals surface area contributed by atoms with Crippen molar-refractivity contribution in [3.05, 3.63) is 0 Å². The standard InChI is InChI=1S/C6H11IO4/c1-10-6-5(9)4(8)3(7)2-11-6/h3-6,8-9H,2H2,1H3. The summed E-state index contributed by atoms with van der Waals surface area (Å²) in [5.74, 6) is 0. The lowest BCUT2D eigenvalue weighted by Gasteiger charge is -2.33. The van der Waals surface area contributed by atoms with Gasteiger partial charge in [-0.1, -0.05) is 22.6 Å². The molecule has 0 spiro atoms. The van der Waals surface area contributed by atoms with E-state index < -0.39 is 18.5 Å². The van der Waals surface area contributed by atoms with Crippen molar-refractivity contribution in [3.8, 4) is 0 Å². The van der Waals surface area contributed by atoms with Gasteiger partial charge in [-0.3, -0.25) is 0 Å². The molecule has 5 heteroatoms. The maximum Gasteiger partial charge on any atom is 0.185 e. The van der Waals surface area contributed by atoms with E-state index in [4.69, 9.17) is 9.47 Å². The Morgan fingerprint density at radius 1 is 1.45 bits per heavy atom. The molecule has 0 aromatic rings. The van der Waals surface area contributed by atoms with Crippen molar-refractivity contribution in [1.29, 1.82) is 0 Å². The van der Waals surface area contributed by atoms with Gasteiger partial charge in [0.2, 0.25) is 0 Å². The van der Waals surface area contributed by atoms with Crippen molar-refractivity contribution in [2.45, 2.75) is 22.4 Å². The molecule has 4 nitrogen and oxygen atoms in total. The lowest BCUT2D eigenvalue weighted by Crippen LogP contribution is -2.51. The lowest BCUT2D eigenvalue weighted by atomic mass is 10.1. The first-order chi connectivity index (χ1) is 5.16. The van der Waals surface area contributed by atoms with E-state index >= 15 is 0 Å². The molecule has 0 aromatic heterocycles. The highest BCUT2D eigenvalue weighted by Gasteiger charge is 2.36. The molecule has 0 bridgehead atoms. The Morgan fingerprint density at radius 3 is 2.64 bits per heavy atom. The van der Waals surface area contributed by atoms with Crippen LogP contribution in [0.5, 0.6) is 0 Å². The van der Waals surface area contributed by atoms with Gasteiger partial charge >= 0.3 is 0 Å². The molecule has 66 valence electrons. The average Bonchev–Trinajstić information content (AvgIpc) is 2.01. The molecule has 1 aliphatic heterocycles. The summed E-state index contributed by atoms with van der Waals surface area (Å²) < 4.78 is 9.81. The van der Waals surface area contributed by atoms with Crippen LogP contribution >= 0.6 is 22.6 Å². The third-order valence-electron chi connectivity index (χ3n) is 1.65. The molecule has 4 unspecified atom stereocenters. The fourth-order valence-electron chi connectivity index (χ4n) is 0.966. The van der Waals surface area contributed by atoms with Crippen LogP contribution in [0, 0.1) is 0 Å². The number of methoxy groups -OCH3 is 1. The summed E-state index contributed by atoms with van der Waals surface area (Å²) in [6.07, 6.45) is -2.37. The van der Waals surface area contributed by atoms with E-state index in [2.05, 4.69) is 0 Å². The summed E-state index contributed by atoms with van der Waals surface area (Å²) in [6, 6.07) is 0. The molecule has 0 amide bonds. The van der Waals surface area contributed by atoms with E-state index in [1.807, 2.05) is 22.6 Å². The molecule has 0 aromatic carbocycles. The maximum absolute atomic E-state index is 9.33. The molecule has 0 saturated carbocycles. The summed E-state index contributed by atoms with van der Waals surface area (Å²) in [5.41, 5.74) is 0. The van der Waals surface area contributed by atoms with Crippen molar-refractivity contribution in [2.75, 3.05) is 13.7 Å². The first-order valence-corrected chi connectivity index (χ1v) is 4.56. The Kier molecular flexibility index (Phi) is 3.51. The van der Waals surface area contributed by atoms with Crippen LogP contribution in [0.2, 0.25) is 0 Å². The van der Waals surface area contributed by atoms with Gasteiger partial charge in [0.15, 0.2) is 6.29 Å². The largest absolute Gasteiger partial charge is 0.389 e. The van der Waals surface area contributed by atoms with E-state index in [0.717, 1.165) is 0 Å². The average molecular weight is 274 g/mol. The van der Waals surface area contributed by atoms with E-state index in [-0.39, 0.29) is 3.92 Å². The molecule has 1 saturated heterocycles. The van der Waals surface area contributed by atoms with Crippen LogP contribution in [0.1, 0.15) is 0 Å². The van der Waals surface area contributed by atoms with Crippen molar-refractivity contribution in [1.82, 2.24) is 0 Å². The molecular weight excluding hydrogens is 263 g/mol.